The summed E-state index contributed by atoms with van der Waals surface area (Å²) in [5, 5.41) is 17.8. The zero-order valence-electron chi connectivity index (χ0n) is 10.5. The van der Waals surface area contributed by atoms with E-state index in [1.165, 1.54) is 24.5 Å². The van der Waals surface area contributed by atoms with E-state index in [0.717, 1.165) is 0 Å². The fourth-order valence-corrected chi connectivity index (χ4v) is 3.11. The second kappa shape index (κ2) is 5.50. The fourth-order valence-electron chi connectivity index (χ4n) is 1.76. The van der Waals surface area contributed by atoms with E-state index in [1.807, 2.05) is 4.72 Å². The second-order valence-electron chi connectivity index (χ2n) is 4.16. The molecule has 0 bridgehead atoms. The number of nitrogens with one attached hydrogen (secondary N) is 2. The average Bonchev–Trinajstić information content (AvgIpc) is 2.81. The number of H-pyrrole nitrogens is 1. The molecular formula is C11H11N3O6S. The van der Waals surface area contributed by atoms with E-state index in [0.29, 0.717) is 5.65 Å². The summed E-state index contributed by atoms with van der Waals surface area (Å²) in [6, 6.07) is 1.27. The Morgan fingerprint density at radius 1 is 1.38 bits per heavy atom. The Balaban J connectivity index is 2.37. The minimum Gasteiger partial charge on any atom is -0.481 e. The van der Waals surface area contributed by atoms with Crippen LogP contribution in [0.1, 0.15) is 6.42 Å². The summed E-state index contributed by atoms with van der Waals surface area (Å²) < 4.78 is 26.2. The van der Waals surface area contributed by atoms with Crippen molar-refractivity contribution in [3.05, 3.63) is 24.5 Å². The van der Waals surface area contributed by atoms with Crippen molar-refractivity contribution in [2.75, 3.05) is 0 Å². The maximum atomic E-state index is 12.2. The molecule has 0 amide bonds. The molecule has 4 N–H and O–H groups in total. The number of carboxylic acid groups (broad SMARTS) is 2. The van der Waals surface area contributed by atoms with Crippen molar-refractivity contribution < 1.29 is 28.2 Å². The van der Waals surface area contributed by atoms with Gasteiger partial charge >= 0.3 is 11.9 Å². The summed E-state index contributed by atoms with van der Waals surface area (Å²) in [6.45, 7) is 0. The van der Waals surface area contributed by atoms with E-state index in [1.54, 1.807) is 0 Å². The topological polar surface area (TPSA) is 149 Å². The molecule has 2 heterocycles. The van der Waals surface area contributed by atoms with Crippen molar-refractivity contribution in [1.82, 2.24) is 14.7 Å². The van der Waals surface area contributed by atoms with Crippen molar-refractivity contribution in [1.29, 1.82) is 0 Å². The summed E-state index contributed by atoms with van der Waals surface area (Å²) in [6.07, 6.45) is 1.77. The number of rotatable bonds is 6. The Bertz CT molecular complexity index is 797. The fraction of sp³-hybridized carbons (Fsp3) is 0.182. The number of aliphatic carboxylic acids is 2. The van der Waals surface area contributed by atoms with Crippen LogP contribution in [-0.4, -0.2) is 46.6 Å². The molecule has 0 aromatic carbocycles. The molecule has 2 aromatic rings. The number of hydrogen-bond donors (Lipinski definition) is 4. The first-order valence-corrected chi connectivity index (χ1v) is 7.18. The zero-order valence-corrected chi connectivity index (χ0v) is 11.3. The Morgan fingerprint density at radius 3 is 2.71 bits per heavy atom. The normalized spacial score (nSPS) is 13.1. The number of aromatic nitrogens is 2. The van der Waals surface area contributed by atoms with Crippen LogP contribution in [0, 0.1) is 0 Å². The summed E-state index contributed by atoms with van der Waals surface area (Å²) >= 11 is 0. The van der Waals surface area contributed by atoms with Crippen LogP contribution < -0.4 is 4.72 Å². The van der Waals surface area contributed by atoms with Crippen molar-refractivity contribution in [3.63, 3.8) is 0 Å². The monoisotopic (exact) mass is 313 g/mol. The first kappa shape index (κ1) is 14.9. The molecule has 2 aromatic heterocycles. The maximum Gasteiger partial charge on any atom is 0.322 e. The number of sulfonamides is 1. The van der Waals surface area contributed by atoms with Crippen molar-refractivity contribution in [2.24, 2.45) is 0 Å². The van der Waals surface area contributed by atoms with Gasteiger partial charge in [0.1, 0.15) is 16.6 Å². The van der Waals surface area contributed by atoms with Gasteiger partial charge in [-0.05, 0) is 12.1 Å². The Morgan fingerprint density at radius 2 is 2.10 bits per heavy atom. The molecule has 0 fully saturated rings. The SMILES string of the molecule is O=C(O)C[C@H](NS(=O)(=O)c1c[nH]c2ncccc12)C(=O)O. The number of fused-ring (bicyclic) bond motifs is 1. The highest BCUT2D eigenvalue weighted by Crippen LogP contribution is 2.21. The van der Waals surface area contributed by atoms with Crippen LogP contribution in [0.4, 0.5) is 0 Å². The van der Waals surface area contributed by atoms with Gasteiger partial charge in [-0.15, -0.1) is 0 Å². The largest absolute Gasteiger partial charge is 0.481 e. The molecule has 112 valence electrons. The Kier molecular flexibility index (Phi) is 3.91. The van der Waals surface area contributed by atoms with Crippen molar-refractivity contribution in [3.8, 4) is 0 Å². The molecule has 1 atom stereocenters. The van der Waals surface area contributed by atoms with E-state index >= 15 is 0 Å². The molecule has 0 aliphatic carbocycles. The van der Waals surface area contributed by atoms with Crippen LogP contribution in [0.2, 0.25) is 0 Å². The van der Waals surface area contributed by atoms with Crippen LogP contribution in [0.25, 0.3) is 11.0 Å². The molecule has 0 spiro atoms. The molecule has 2 rings (SSSR count). The van der Waals surface area contributed by atoms with Crippen LogP contribution in [-0.2, 0) is 19.6 Å². The van der Waals surface area contributed by atoms with E-state index in [2.05, 4.69) is 9.97 Å². The zero-order chi connectivity index (χ0) is 15.6. The Labute approximate surface area is 118 Å². The lowest BCUT2D eigenvalue weighted by Crippen LogP contribution is -2.42. The van der Waals surface area contributed by atoms with Crippen LogP contribution in [0.5, 0.6) is 0 Å². The number of nitrogens with zero attached hydrogens (tertiary/aromatic N) is 1. The standard InChI is InChI=1S/C11H11N3O6S/c15-9(16)4-7(11(17)18)14-21(19,20)8-5-13-10-6(8)2-1-3-12-10/h1-3,5,7,14H,4H2,(H,12,13)(H,15,16)(H,17,18)/t7-/m0/s1. The van der Waals surface area contributed by atoms with E-state index < -0.39 is 34.4 Å². The predicted molar refractivity (Wildman–Crippen MR) is 70.1 cm³/mol. The molecule has 0 saturated heterocycles. The van der Waals surface area contributed by atoms with Crippen LogP contribution >= 0.6 is 0 Å². The molecule has 0 saturated carbocycles. The highest BCUT2D eigenvalue weighted by atomic mass is 32.2. The first-order valence-electron chi connectivity index (χ1n) is 5.70. The number of pyridine rings is 1. The van der Waals surface area contributed by atoms with Crippen LogP contribution in [0.3, 0.4) is 0 Å². The maximum absolute atomic E-state index is 12.2. The van der Waals surface area contributed by atoms with Gasteiger partial charge < -0.3 is 15.2 Å². The molecule has 0 unspecified atom stereocenters. The molecule has 0 radical (unpaired) electrons. The summed E-state index contributed by atoms with van der Waals surface area (Å²) in [4.78, 5) is 27.9. The molecule has 0 aliphatic rings. The van der Waals surface area contributed by atoms with Crippen molar-refractivity contribution >= 4 is 33.0 Å². The lowest BCUT2D eigenvalue weighted by Gasteiger charge is -2.12. The van der Waals surface area contributed by atoms with Gasteiger partial charge in [-0.2, -0.15) is 4.72 Å². The number of aromatic amines is 1. The van der Waals surface area contributed by atoms with Gasteiger partial charge in [0.25, 0.3) is 0 Å². The molecule has 21 heavy (non-hydrogen) atoms. The quantitative estimate of drug-likeness (QED) is 0.575. The lowest BCUT2D eigenvalue weighted by molar-refractivity contribution is -0.145. The summed E-state index contributed by atoms with van der Waals surface area (Å²) in [5.41, 5.74) is 0.322. The highest BCUT2D eigenvalue weighted by Gasteiger charge is 2.29. The minimum atomic E-state index is -4.20. The second-order valence-corrected chi connectivity index (χ2v) is 5.84. The third-order valence-electron chi connectivity index (χ3n) is 2.68. The third-order valence-corrected chi connectivity index (χ3v) is 4.19. The van der Waals surface area contributed by atoms with Gasteiger partial charge in [-0.3, -0.25) is 9.59 Å². The predicted octanol–water partition coefficient (Wildman–Crippen LogP) is -0.231. The summed E-state index contributed by atoms with van der Waals surface area (Å²) in [5.74, 6) is -3.00. The lowest BCUT2D eigenvalue weighted by atomic mass is 10.2. The van der Waals surface area contributed by atoms with Crippen LogP contribution in [0.15, 0.2) is 29.4 Å². The van der Waals surface area contributed by atoms with Gasteiger partial charge in [0.15, 0.2) is 0 Å². The van der Waals surface area contributed by atoms with Gasteiger partial charge in [-0.1, -0.05) is 0 Å². The van der Waals surface area contributed by atoms with Gasteiger partial charge in [0.2, 0.25) is 10.0 Å². The summed E-state index contributed by atoms with van der Waals surface area (Å²) in [7, 11) is -4.20. The first-order chi connectivity index (χ1) is 9.81. The number of hydrogen-bond acceptors (Lipinski definition) is 5. The van der Waals surface area contributed by atoms with Gasteiger partial charge in [0.05, 0.1) is 6.42 Å². The molecule has 10 heteroatoms. The molecular weight excluding hydrogens is 302 g/mol. The van der Waals surface area contributed by atoms with Crippen molar-refractivity contribution in [2.45, 2.75) is 17.4 Å². The Hall–Kier alpha value is -2.46. The number of carboxylic acids is 2. The van der Waals surface area contributed by atoms with E-state index in [-0.39, 0.29) is 10.3 Å². The minimum absolute atomic E-state index is 0.192. The van der Waals surface area contributed by atoms with Gasteiger partial charge in [0, 0.05) is 17.8 Å². The smallest absolute Gasteiger partial charge is 0.322 e. The van der Waals surface area contributed by atoms with Gasteiger partial charge in [-0.25, -0.2) is 13.4 Å². The average molecular weight is 313 g/mol. The highest BCUT2D eigenvalue weighted by molar-refractivity contribution is 7.89. The number of carbonyl (C=O) groups is 2. The molecule has 9 nitrogen and oxygen atoms in total. The molecule has 0 aliphatic heterocycles. The van der Waals surface area contributed by atoms with E-state index in [9.17, 15) is 18.0 Å². The van der Waals surface area contributed by atoms with E-state index in [4.69, 9.17) is 10.2 Å². The third kappa shape index (κ3) is 3.17.